The lowest BCUT2D eigenvalue weighted by Gasteiger charge is -2.49. The second-order valence-electron chi connectivity index (χ2n) is 4.68. The van der Waals surface area contributed by atoms with Gasteiger partial charge in [0.2, 0.25) is 0 Å². The van der Waals surface area contributed by atoms with E-state index < -0.39 is 0 Å². The normalized spacial score (nSPS) is 13.3. The minimum absolute atomic E-state index is 0.170. The summed E-state index contributed by atoms with van der Waals surface area (Å²) in [6.45, 7) is 16.5. The lowest BCUT2D eigenvalue weighted by Crippen LogP contribution is -2.60. The molecule has 0 atom stereocenters. The van der Waals surface area contributed by atoms with Gasteiger partial charge in [-0.3, -0.25) is 4.90 Å². The Labute approximate surface area is 89.9 Å². The molecule has 0 aromatic rings. The predicted molar refractivity (Wildman–Crippen MR) is 64.4 cm³/mol. The first-order valence-electron chi connectivity index (χ1n) is 5.92. The third kappa shape index (κ3) is 2.29. The molecule has 0 saturated heterocycles. The van der Waals surface area contributed by atoms with Crippen LogP contribution in [0.5, 0.6) is 0 Å². The van der Waals surface area contributed by atoms with Crippen molar-refractivity contribution in [3.05, 3.63) is 0 Å². The Hall–Kier alpha value is -0.0800. The maximum atomic E-state index is 6.02. The Balaban J connectivity index is 5.00. The van der Waals surface area contributed by atoms with Crippen LogP contribution in [-0.4, -0.2) is 30.1 Å². The van der Waals surface area contributed by atoms with Gasteiger partial charge >= 0.3 is 0 Å². The molecule has 0 aromatic carbocycles. The van der Waals surface area contributed by atoms with Crippen LogP contribution in [0.2, 0.25) is 0 Å². The van der Waals surface area contributed by atoms with Gasteiger partial charge in [0.05, 0.1) is 0 Å². The van der Waals surface area contributed by atoms with Crippen LogP contribution in [0, 0.1) is 11.8 Å². The molecule has 0 saturated carbocycles. The molecule has 86 valence electrons. The Morgan fingerprint density at radius 2 is 1.36 bits per heavy atom. The van der Waals surface area contributed by atoms with Crippen LogP contribution in [0.25, 0.3) is 0 Å². The summed E-state index contributed by atoms with van der Waals surface area (Å²) in [7, 11) is 0. The minimum Gasteiger partial charge on any atom is -0.329 e. The van der Waals surface area contributed by atoms with Gasteiger partial charge in [-0.2, -0.15) is 0 Å². The van der Waals surface area contributed by atoms with E-state index in [1.54, 1.807) is 0 Å². The van der Waals surface area contributed by atoms with Crippen LogP contribution in [0.1, 0.15) is 41.5 Å². The van der Waals surface area contributed by atoms with Gasteiger partial charge in [0.25, 0.3) is 0 Å². The monoisotopic (exact) mass is 200 g/mol. The summed E-state index contributed by atoms with van der Waals surface area (Å²) in [5.41, 5.74) is 6.19. The summed E-state index contributed by atoms with van der Waals surface area (Å²) in [4.78, 5) is 2.52. The molecule has 0 spiro atoms. The first-order chi connectivity index (χ1) is 6.47. The van der Waals surface area contributed by atoms with Gasteiger partial charge in [-0.1, -0.05) is 41.5 Å². The minimum atomic E-state index is 0.170. The summed E-state index contributed by atoms with van der Waals surface area (Å²) in [6, 6.07) is 0. The maximum Gasteiger partial charge on any atom is 0.0377 e. The van der Waals surface area contributed by atoms with Crippen molar-refractivity contribution < 1.29 is 0 Å². The van der Waals surface area contributed by atoms with Gasteiger partial charge in [0, 0.05) is 12.1 Å². The first-order valence-corrected chi connectivity index (χ1v) is 5.92. The molecule has 0 bridgehead atoms. The fourth-order valence-corrected chi connectivity index (χ4v) is 2.81. The average Bonchev–Trinajstić information content (AvgIpc) is 2.12. The summed E-state index contributed by atoms with van der Waals surface area (Å²) in [5, 5.41) is 0. The van der Waals surface area contributed by atoms with Gasteiger partial charge in [-0.15, -0.1) is 0 Å². The topological polar surface area (TPSA) is 29.3 Å². The molecule has 2 N–H and O–H groups in total. The van der Waals surface area contributed by atoms with Crippen LogP contribution >= 0.6 is 0 Å². The van der Waals surface area contributed by atoms with E-state index in [0.29, 0.717) is 11.8 Å². The Bertz CT molecular complexity index is 140. The summed E-state index contributed by atoms with van der Waals surface area (Å²) >= 11 is 0. The van der Waals surface area contributed by atoms with E-state index in [-0.39, 0.29) is 5.54 Å². The number of nitrogens with zero attached hydrogens (tertiary/aromatic N) is 1. The molecule has 0 fully saturated rings. The molecule has 2 nitrogen and oxygen atoms in total. The highest BCUT2D eigenvalue weighted by Gasteiger charge is 2.39. The maximum absolute atomic E-state index is 6.02. The Morgan fingerprint density at radius 3 is 1.43 bits per heavy atom. The highest BCUT2D eigenvalue weighted by Crippen LogP contribution is 2.31. The average molecular weight is 200 g/mol. The van der Waals surface area contributed by atoms with Gasteiger partial charge in [-0.25, -0.2) is 0 Å². The molecule has 0 amide bonds. The third-order valence-corrected chi connectivity index (χ3v) is 3.68. The van der Waals surface area contributed by atoms with Crippen molar-refractivity contribution in [1.29, 1.82) is 0 Å². The van der Waals surface area contributed by atoms with Crippen LogP contribution in [0.15, 0.2) is 0 Å². The molecule has 0 rings (SSSR count). The van der Waals surface area contributed by atoms with Crippen molar-refractivity contribution in [1.82, 2.24) is 4.90 Å². The van der Waals surface area contributed by atoms with Crippen molar-refractivity contribution in [2.45, 2.75) is 47.1 Å². The largest absolute Gasteiger partial charge is 0.329 e. The zero-order valence-electron chi connectivity index (χ0n) is 10.8. The van der Waals surface area contributed by atoms with Crippen LogP contribution < -0.4 is 5.73 Å². The van der Waals surface area contributed by atoms with Crippen LogP contribution in [0.3, 0.4) is 0 Å². The van der Waals surface area contributed by atoms with Crippen molar-refractivity contribution >= 4 is 0 Å². The highest BCUT2D eigenvalue weighted by atomic mass is 15.2. The van der Waals surface area contributed by atoms with E-state index in [2.05, 4.69) is 46.4 Å². The van der Waals surface area contributed by atoms with Crippen LogP contribution in [-0.2, 0) is 0 Å². The smallest absolute Gasteiger partial charge is 0.0377 e. The van der Waals surface area contributed by atoms with E-state index >= 15 is 0 Å². The summed E-state index contributed by atoms with van der Waals surface area (Å²) < 4.78 is 0. The zero-order chi connectivity index (χ0) is 11.4. The third-order valence-electron chi connectivity index (χ3n) is 3.68. The predicted octanol–water partition coefficient (Wildman–Crippen LogP) is 2.34. The highest BCUT2D eigenvalue weighted by molar-refractivity contribution is 4.96. The quantitative estimate of drug-likeness (QED) is 0.713. The molecule has 0 radical (unpaired) electrons. The van der Waals surface area contributed by atoms with Crippen molar-refractivity contribution in [2.75, 3.05) is 19.6 Å². The molecule has 0 aliphatic carbocycles. The Kier molecular flexibility index (Phi) is 5.68. The fourth-order valence-electron chi connectivity index (χ4n) is 2.81. The van der Waals surface area contributed by atoms with Gasteiger partial charge in [-0.05, 0) is 24.9 Å². The lowest BCUT2D eigenvalue weighted by atomic mass is 9.75. The molecule has 0 aliphatic heterocycles. The standard InChI is InChI=1S/C12H28N2/c1-7-14(8-2)12(9-13,10(3)4)11(5)6/h10-11H,7-9,13H2,1-6H3. The summed E-state index contributed by atoms with van der Waals surface area (Å²) in [6.07, 6.45) is 0. The molecule has 0 aromatic heterocycles. The number of nitrogens with two attached hydrogens (primary N) is 1. The molecule has 14 heavy (non-hydrogen) atoms. The lowest BCUT2D eigenvalue weighted by molar-refractivity contribution is 0.0184. The number of rotatable bonds is 6. The number of hydrogen-bond acceptors (Lipinski definition) is 2. The van der Waals surface area contributed by atoms with Gasteiger partial charge in [0.1, 0.15) is 0 Å². The molecule has 0 unspecified atom stereocenters. The number of likely N-dealkylation sites (N-methyl/N-ethyl adjacent to an activating group) is 1. The van der Waals surface area contributed by atoms with E-state index in [1.165, 1.54) is 0 Å². The molecular formula is C12H28N2. The van der Waals surface area contributed by atoms with E-state index in [0.717, 1.165) is 19.6 Å². The SMILES string of the molecule is CCN(CC)C(CN)(C(C)C)C(C)C. The Morgan fingerprint density at radius 1 is 1.00 bits per heavy atom. The van der Waals surface area contributed by atoms with E-state index in [4.69, 9.17) is 5.73 Å². The van der Waals surface area contributed by atoms with Crippen molar-refractivity contribution in [3.63, 3.8) is 0 Å². The number of hydrogen-bond donors (Lipinski definition) is 1. The van der Waals surface area contributed by atoms with Crippen LogP contribution in [0.4, 0.5) is 0 Å². The van der Waals surface area contributed by atoms with E-state index in [9.17, 15) is 0 Å². The second-order valence-corrected chi connectivity index (χ2v) is 4.68. The molecule has 2 heteroatoms. The summed E-state index contributed by atoms with van der Waals surface area (Å²) in [5.74, 6) is 1.21. The molecular weight excluding hydrogens is 172 g/mol. The first kappa shape index (κ1) is 13.9. The molecule has 0 aliphatic rings. The van der Waals surface area contributed by atoms with Gasteiger partial charge in [0.15, 0.2) is 0 Å². The fraction of sp³-hybridized carbons (Fsp3) is 1.00. The van der Waals surface area contributed by atoms with E-state index in [1.807, 2.05) is 0 Å². The van der Waals surface area contributed by atoms with Crippen molar-refractivity contribution in [2.24, 2.45) is 17.6 Å². The second kappa shape index (κ2) is 5.72. The van der Waals surface area contributed by atoms with Gasteiger partial charge < -0.3 is 5.73 Å². The molecule has 0 heterocycles. The zero-order valence-corrected chi connectivity index (χ0v) is 10.8. The van der Waals surface area contributed by atoms with Crippen molar-refractivity contribution in [3.8, 4) is 0 Å².